The Morgan fingerprint density at radius 3 is 2.72 bits per heavy atom. The van der Waals surface area contributed by atoms with E-state index in [1.54, 1.807) is 5.56 Å². The van der Waals surface area contributed by atoms with E-state index >= 15 is 0 Å². The fourth-order valence-corrected chi connectivity index (χ4v) is 4.97. The molecule has 4 heteroatoms. The van der Waals surface area contributed by atoms with E-state index in [-0.39, 0.29) is 0 Å². The standard InChI is InChI=1S/C14H15NS3/c1-7(2)10-5-9-13(17-10)12-8(14(9)3-4-14)6-11(15-12)18-16/h5-7,15-16H,3-4H2,1-2H3. The molecule has 0 aliphatic heterocycles. The molecule has 2 heterocycles. The first-order chi connectivity index (χ1) is 8.65. The first-order valence-corrected chi connectivity index (χ1v) is 9.04. The molecule has 2 aromatic rings. The van der Waals surface area contributed by atoms with Crippen molar-refractivity contribution < 1.29 is 0 Å². The SMILES string of the molecule is CC(C)c1cc2c(s1)-c1[nH]c(SS)cc1C21CC1. The maximum absolute atomic E-state index is 4.31. The lowest BCUT2D eigenvalue weighted by Gasteiger charge is -2.07. The highest BCUT2D eigenvalue weighted by Crippen LogP contribution is 2.65. The molecule has 0 aromatic carbocycles. The lowest BCUT2D eigenvalue weighted by atomic mass is 9.95. The smallest absolute Gasteiger partial charge is 0.0835 e. The summed E-state index contributed by atoms with van der Waals surface area (Å²) in [6, 6.07) is 4.76. The van der Waals surface area contributed by atoms with Crippen molar-refractivity contribution in [2.75, 3.05) is 0 Å². The summed E-state index contributed by atoms with van der Waals surface area (Å²) in [5.41, 5.74) is 4.85. The Morgan fingerprint density at radius 1 is 1.33 bits per heavy atom. The van der Waals surface area contributed by atoms with Crippen molar-refractivity contribution in [2.24, 2.45) is 0 Å². The minimum Gasteiger partial charge on any atom is -0.348 e. The van der Waals surface area contributed by atoms with Gasteiger partial charge in [-0.15, -0.1) is 23.0 Å². The fourth-order valence-electron chi connectivity index (χ4n) is 3.08. The maximum Gasteiger partial charge on any atom is 0.0835 e. The molecule has 0 radical (unpaired) electrons. The molecule has 1 spiro atoms. The van der Waals surface area contributed by atoms with Gasteiger partial charge in [0.15, 0.2) is 0 Å². The van der Waals surface area contributed by atoms with Crippen LogP contribution in [-0.4, -0.2) is 4.98 Å². The number of rotatable bonds is 2. The van der Waals surface area contributed by atoms with Crippen molar-refractivity contribution in [3.8, 4) is 10.6 Å². The van der Waals surface area contributed by atoms with Crippen LogP contribution in [0.15, 0.2) is 17.2 Å². The highest BCUT2D eigenvalue weighted by atomic mass is 33.1. The number of H-pyrrole nitrogens is 1. The van der Waals surface area contributed by atoms with Crippen LogP contribution in [0.3, 0.4) is 0 Å². The Morgan fingerprint density at radius 2 is 2.11 bits per heavy atom. The van der Waals surface area contributed by atoms with Gasteiger partial charge < -0.3 is 4.98 Å². The van der Waals surface area contributed by atoms with Gasteiger partial charge in [0.1, 0.15) is 0 Å². The summed E-state index contributed by atoms with van der Waals surface area (Å²) < 4.78 is 0. The van der Waals surface area contributed by atoms with Crippen molar-refractivity contribution >= 4 is 33.8 Å². The summed E-state index contributed by atoms with van der Waals surface area (Å²) in [5.74, 6) is 0.633. The average molecular weight is 293 g/mol. The van der Waals surface area contributed by atoms with Crippen LogP contribution in [0.25, 0.3) is 10.6 Å². The van der Waals surface area contributed by atoms with Crippen LogP contribution < -0.4 is 0 Å². The van der Waals surface area contributed by atoms with Crippen LogP contribution in [0.4, 0.5) is 0 Å². The number of aromatic nitrogens is 1. The summed E-state index contributed by atoms with van der Waals surface area (Å²) in [5, 5.41) is 1.18. The third kappa shape index (κ3) is 1.32. The molecular weight excluding hydrogens is 278 g/mol. The number of thiol groups is 1. The van der Waals surface area contributed by atoms with Gasteiger partial charge in [0.05, 0.1) is 15.6 Å². The minimum absolute atomic E-state index is 0.368. The van der Waals surface area contributed by atoms with Gasteiger partial charge in [-0.3, -0.25) is 0 Å². The van der Waals surface area contributed by atoms with Gasteiger partial charge >= 0.3 is 0 Å². The van der Waals surface area contributed by atoms with Crippen LogP contribution >= 0.6 is 33.8 Å². The zero-order valence-corrected chi connectivity index (χ0v) is 12.9. The van der Waals surface area contributed by atoms with Gasteiger partial charge in [-0.05, 0) is 52.8 Å². The number of hydrogen-bond donors (Lipinski definition) is 2. The van der Waals surface area contributed by atoms with Crippen LogP contribution in [0.2, 0.25) is 0 Å². The number of aromatic amines is 1. The topological polar surface area (TPSA) is 15.8 Å². The second-order valence-electron chi connectivity index (χ2n) is 5.64. The highest BCUT2D eigenvalue weighted by Gasteiger charge is 2.54. The third-order valence-corrected chi connectivity index (χ3v) is 6.68. The van der Waals surface area contributed by atoms with Gasteiger partial charge in [0.2, 0.25) is 0 Å². The lowest BCUT2D eigenvalue weighted by molar-refractivity contribution is 0.860. The second-order valence-corrected chi connectivity index (χ2v) is 7.90. The van der Waals surface area contributed by atoms with Crippen molar-refractivity contribution in [2.45, 2.75) is 43.0 Å². The molecule has 0 saturated heterocycles. The second kappa shape index (κ2) is 3.62. The first kappa shape index (κ1) is 11.5. The molecule has 1 saturated carbocycles. The molecule has 1 N–H and O–H groups in total. The monoisotopic (exact) mass is 293 g/mol. The van der Waals surface area contributed by atoms with Crippen molar-refractivity contribution in [3.05, 3.63) is 28.1 Å². The van der Waals surface area contributed by atoms with E-state index in [1.165, 1.54) is 49.7 Å². The maximum atomic E-state index is 4.31. The molecule has 2 aliphatic rings. The summed E-state index contributed by atoms with van der Waals surface area (Å²) in [4.78, 5) is 6.55. The van der Waals surface area contributed by atoms with E-state index in [0.717, 1.165) is 0 Å². The summed E-state index contributed by atoms with van der Waals surface area (Å²) in [6.07, 6.45) is 2.63. The molecule has 1 nitrogen and oxygen atoms in total. The number of hydrogen-bond acceptors (Lipinski definition) is 3. The Hall–Kier alpha value is -0.320. The molecule has 0 amide bonds. The van der Waals surface area contributed by atoms with Gasteiger partial charge in [0, 0.05) is 10.3 Å². The van der Waals surface area contributed by atoms with Crippen molar-refractivity contribution in [1.29, 1.82) is 0 Å². The first-order valence-electron chi connectivity index (χ1n) is 6.35. The van der Waals surface area contributed by atoms with Crippen molar-refractivity contribution in [3.63, 3.8) is 0 Å². The van der Waals surface area contributed by atoms with Gasteiger partial charge in [-0.1, -0.05) is 13.8 Å². The van der Waals surface area contributed by atoms with Crippen LogP contribution in [0.1, 0.15) is 48.6 Å². The summed E-state index contributed by atoms with van der Waals surface area (Å²) in [7, 11) is 1.51. The minimum atomic E-state index is 0.368. The Labute approximate surface area is 120 Å². The van der Waals surface area contributed by atoms with E-state index < -0.39 is 0 Å². The number of nitrogens with one attached hydrogen (secondary N) is 1. The Balaban J connectivity index is 1.94. The normalized spacial score (nSPS) is 18.4. The van der Waals surface area contributed by atoms with Gasteiger partial charge in [-0.25, -0.2) is 0 Å². The molecule has 18 heavy (non-hydrogen) atoms. The molecule has 0 unspecified atom stereocenters. The zero-order chi connectivity index (χ0) is 12.5. The third-order valence-electron chi connectivity index (χ3n) is 4.22. The van der Waals surface area contributed by atoms with Gasteiger partial charge in [0.25, 0.3) is 0 Å². The molecular formula is C14H15NS3. The Kier molecular flexibility index (Phi) is 2.31. The number of fused-ring (bicyclic) bond motifs is 5. The van der Waals surface area contributed by atoms with Crippen LogP contribution in [-0.2, 0) is 5.41 Å². The van der Waals surface area contributed by atoms with E-state index in [1.807, 2.05) is 11.3 Å². The molecule has 2 aliphatic carbocycles. The van der Waals surface area contributed by atoms with Crippen molar-refractivity contribution in [1.82, 2.24) is 4.98 Å². The predicted octanol–water partition coefficient (Wildman–Crippen LogP) is 5.20. The largest absolute Gasteiger partial charge is 0.348 e. The van der Waals surface area contributed by atoms with E-state index in [4.69, 9.17) is 0 Å². The van der Waals surface area contributed by atoms with Crippen LogP contribution in [0.5, 0.6) is 0 Å². The quantitative estimate of drug-likeness (QED) is 0.574. The van der Waals surface area contributed by atoms with E-state index in [0.29, 0.717) is 11.3 Å². The molecule has 2 aromatic heterocycles. The predicted molar refractivity (Wildman–Crippen MR) is 83.1 cm³/mol. The summed E-state index contributed by atoms with van der Waals surface area (Å²) in [6.45, 7) is 4.57. The highest BCUT2D eigenvalue weighted by molar-refractivity contribution is 8.68. The zero-order valence-electron chi connectivity index (χ0n) is 10.4. The Bertz CT molecular complexity index is 632. The fraction of sp³-hybridized carbons (Fsp3) is 0.429. The van der Waals surface area contributed by atoms with Crippen LogP contribution in [0, 0.1) is 0 Å². The molecule has 0 bridgehead atoms. The average Bonchev–Trinajstić information content (AvgIpc) is 2.79. The molecule has 0 atom stereocenters. The van der Waals surface area contributed by atoms with E-state index in [2.05, 4.69) is 42.6 Å². The number of thiophene rings is 1. The molecule has 1 fully saturated rings. The molecule has 94 valence electrons. The van der Waals surface area contributed by atoms with E-state index in [9.17, 15) is 0 Å². The molecule has 4 rings (SSSR count). The summed E-state index contributed by atoms with van der Waals surface area (Å²) >= 11 is 6.28. The van der Waals surface area contributed by atoms with Gasteiger partial charge in [-0.2, -0.15) is 0 Å². The lowest BCUT2D eigenvalue weighted by Crippen LogP contribution is -2.01.